The Labute approximate surface area is 248 Å². The van der Waals surface area contributed by atoms with Gasteiger partial charge in [0.25, 0.3) is 10.0 Å². The van der Waals surface area contributed by atoms with E-state index in [1.54, 1.807) is 74.5 Å². The van der Waals surface area contributed by atoms with Crippen LogP contribution in [-0.4, -0.2) is 56.9 Å². The summed E-state index contributed by atoms with van der Waals surface area (Å²) < 4.78 is 51.4. The number of nitrogens with zero attached hydrogens (tertiary/aromatic N) is 1. The second-order valence-corrected chi connectivity index (χ2v) is 11.1. The van der Waals surface area contributed by atoms with E-state index in [4.69, 9.17) is 18.9 Å². The molecule has 0 radical (unpaired) electrons. The predicted octanol–water partition coefficient (Wildman–Crippen LogP) is 5.77. The number of esters is 2. The normalized spacial score (nSPS) is 11.4. The third-order valence-electron chi connectivity index (χ3n) is 6.96. The molecule has 0 atom stereocenters. The van der Waals surface area contributed by atoms with E-state index in [2.05, 4.69) is 0 Å². The van der Waals surface area contributed by atoms with Crippen LogP contribution in [0.4, 0.5) is 0 Å². The molecule has 5 aromatic rings. The summed E-state index contributed by atoms with van der Waals surface area (Å²) in [4.78, 5) is 27.2. The fourth-order valence-electron chi connectivity index (χ4n) is 5.19. The summed E-state index contributed by atoms with van der Waals surface area (Å²) in [5, 5.41) is 12.2. The van der Waals surface area contributed by atoms with Crippen LogP contribution in [0.1, 0.15) is 34.6 Å². The van der Waals surface area contributed by atoms with Gasteiger partial charge in [0.05, 0.1) is 54.3 Å². The molecule has 0 aliphatic heterocycles. The molecule has 0 aliphatic rings. The third kappa shape index (κ3) is 4.81. The van der Waals surface area contributed by atoms with Crippen LogP contribution < -0.4 is 9.47 Å². The maximum Gasteiger partial charge on any atom is 0.342 e. The van der Waals surface area contributed by atoms with Gasteiger partial charge in [-0.3, -0.25) is 0 Å². The Bertz CT molecular complexity index is 1980. The van der Waals surface area contributed by atoms with E-state index in [1.807, 2.05) is 0 Å². The van der Waals surface area contributed by atoms with Crippen LogP contribution in [0.5, 0.6) is 17.2 Å². The highest BCUT2D eigenvalue weighted by Gasteiger charge is 2.36. The number of methoxy groups -OCH3 is 2. The van der Waals surface area contributed by atoms with Gasteiger partial charge in [-0.25, -0.2) is 22.0 Å². The Hall–Kier alpha value is -5.03. The van der Waals surface area contributed by atoms with Crippen LogP contribution >= 0.6 is 0 Å². The Kier molecular flexibility index (Phi) is 8.01. The number of phenolic OH excluding ortho intramolecular Hbond substituents is 1. The number of aromatic nitrogens is 1. The molecular formula is C32H29NO9S. The number of fused-ring (bicyclic) bond motifs is 3. The van der Waals surface area contributed by atoms with Crippen LogP contribution in [0.3, 0.4) is 0 Å². The molecule has 10 nitrogen and oxygen atoms in total. The number of rotatable bonds is 9. The molecule has 0 amide bonds. The van der Waals surface area contributed by atoms with Crippen molar-refractivity contribution in [2.45, 2.75) is 18.7 Å². The zero-order valence-corrected chi connectivity index (χ0v) is 24.7. The van der Waals surface area contributed by atoms with E-state index >= 15 is 0 Å². The molecule has 0 saturated carbocycles. The number of carbonyl (C=O) groups excluding carboxylic acids is 2. The minimum atomic E-state index is -4.34. The zero-order valence-electron chi connectivity index (χ0n) is 23.9. The molecule has 0 aliphatic carbocycles. The molecule has 1 N–H and O–H groups in total. The molecule has 0 spiro atoms. The lowest BCUT2D eigenvalue weighted by Crippen LogP contribution is -2.18. The molecule has 0 saturated heterocycles. The summed E-state index contributed by atoms with van der Waals surface area (Å²) in [6.07, 6.45) is 0. The Morgan fingerprint density at radius 3 is 2.02 bits per heavy atom. The lowest BCUT2D eigenvalue weighted by atomic mass is 9.90. The summed E-state index contributed by atoms with van der Waals surface area (Å²) in [6, 6.07) is 19.1. The standard InChI is InChI=1S/C32H29NO9S/c1-5-41-31(35)27-25(19-16-17-23(39-3)24(18-19)40-4)29-26(30(34)28(27)32(36)42-6-2)21-14-10-11-15-22(21)33(29)43(37,38)20-12-8-7-9-13-20/h7-18,34H,5-6H2,1-4H3. The molecule has 11 heteroatoms. The maximum atomic E-state index is 14.4. The van der Waals surface area contributed by atoms with Crippen molar-refractivity contribution < 1.29 is 42.1 Å². The van der Waals surface area contributed by atoms with Crippen LogP contribution in [0.25, 0.3) is 32.9 Å². The highest BCUT2D eigenvalue weighted by atomic mass is 32.2. The number of hydrogen-bond donors (Lipinski definition) is 1. The van der Waals surface area contributed by atoms with Crippen LogP contribution in [0, 0.1) is 0 Å². The molecule has 222 valence electrons. The summed E-state index contributed by atoms with van der Waals surface area (Å²) >= 11 is 0. The largest absolute Gasteiger partial charge is 0.506 e. The van der Waals surface area contributed by atoms with Gasteiger partial charge in [-0.15, -0.1) is 0 Å². The smallest absolute Gasteiger partial charge is 0.342 e. The topological polar surface area (TPSA) is 130 Å². The summed E-state index contributed by atoms with van der Waals surface area (Å²) in [5.74, 6) is -1.89. The fraction of sp³-hybridized carbons (Fsp3) is 0.188. The van der Waals surface area contributed by atoms with Crippen molar-refractivity contribution in [3.05, 3.63) is 83.9 Å². The van der Waals surface area contributed by atoms with E-state index in [0.717, 1.165) is 3.97 Å². The number of hydrogen-bond acceptors (Lipinski definition) is 9. The van der Waals surface area contributed by atoms with Crippen molar-refractivity contribution in [2.24, 2.45) is 0 Å². The van der Waals surface area contributed by atoms with Gasteiger partial charge < -0.3 is 24.1 Å². The van der Waals surface area contributed by atoms with Crippen LogP contribution in [0.2, 0.25) is 0 Å². The molecule has 43 heavy (non-hydrogen) atoms. The summed E-state index contributed by atoms with van der Waals surface area (Å²) in [7, 11) is -1.45. The number of ether oxygens (including phenoxy) is 4. The quantitative estimate of drug-likeness (QED) is 0.209. The van der Waals surface area contributed by atoms with Crippen molar-refractivity contribution >= 4 is 43.8 Å². The lowest BCUT2D eigenvalue weighted by Gasteiger charge is -2.20. The molecule has 1 heterocycles. The zero-order chi connectivity index (χ0) is 30.9. The molecular weight excluding hydrogens is 574 g/mol. The number of benzene rings is 4. The van der Waals surface area contributed by atoms with Crippen LogP contribution in [0.15, 0.2) is 77.7 Å². The minimum Gasteiger partial charge on any atom is -0.506 e. The van der Waals surface area contributed by atoms with Crippen molar-refractivity contribution in [1.82, 2.24) is 3.97 Å². The average Bonchev–Trinajstić information content (AvgIpc) is 3.37. The van der Waals surface area contributed by atoms with Gasteiger partial charge in [-0.1, -0.05) is 42.5 Å². The van der Waals surface area contributed by atoms with E-state index < -0.39 is 33.3 Å². The highest BCUT2D eigenvalue weighted by molar-refractivity contribution is 7.90. The monoisotopic (exact) mass is 603 g/mol. The fourth-order valence-corrected chi connectivity index (χ4v) is 6.75. The van der Waals surface area contributed by atoms with E-state index in [0.29, 0.717) is 16.7 Å². The van der Waals surface area contributed by atoms with Gasteiger partial charge in [-0.2, -0.15) is 0 Å². The van der Waals surface area contributed by atoms with Gasteiger partial charge in [0, 0.05) is 10.9 Å². The first-order chi connectivity index (χ1) is 20.7. The van der Waals surface area contributed by atoms with E-state index in [-0.39, 0.29) is 51.4 Å². The summed E-state index contributed by atoms with van der Waals surface area (Å²) in [6.45, 7) is 3.07. The number of carbonyl (C=O) groups is 2. The van der Waals surface area contributed by atoms with Crippen molar-refractivity contribution in [3.8, 4) is 28.4 Å². The van der Waals surface area contributed by atoms with E-state index in [9.17, 15) is 23.1 Å². The number of phenols is 1. The molecule has 1 aromatic heterocycles. The van der Waals surface area contributed by atoms with Gasteiger partial charge in [-0.05, 0) is 49.7 Å². The molecule has 0 fully saturated rings. The summed E-state index contributed by atoms with van der Waals surface area (Å²) in [5.41, 5.74) is -0.308. The van der Waals surface area contributed by atoms with Crippen LogP contribution in [-0.2, 0) is 19.5 Å². The Morgan fingerprint density at radius 1 is 0.791 bits per heavy atom. The molecule has 0 unspecified atom stereocenters. The predicted molar refractivity (Wildman–Crippen MR) is 161 cm³/mol. The minimum absolute atomic E-state index is 0.0194. The second-order valence-electron chi connectivity index (χ2n) is 9.31. The third-order valence-corrected chi connectivity index (χ3v) is 8.68. The Morgan fingerprint density at radius 2 is 1.40 bits per heavy atom. The van der Waals surface area contributed by atoms with E-state index in [1.165, 1.54) is 26.4 Å². The maximum absolute atomic E-state index is 14.4. The van der Waals surface area contributed by atoms with Crippen molar-refractivity contribution in [1.29, 1.82) is 0 Å². The highest BCUT2D eigenvalue weighted by Crippen LogP contribution is 2.48. The average molecular weight is 604 g/mol. The first-order valence-corrected chi connectivity index (χ1v) is 14.8. The number of aromatic hydroxyl groups is 1. The lowest BCUT2D eigenvalue weighted by molar-refractivity contribution is 0.0477. The first-order valence-electron chi connectivity index (χ1n) is 13.4. The Balaban J connectivity index is 2.12. The molecule has 5 rings (SSSR count). The first kappa shape index (κ1) is 29.5. The second kappa shape index (κ2) is 11.7. The van der Waals surface area contributed by atoms with Crippen molar-refractivity contribution in [2.75, 3.05) is 27.4 Å². The van der Waals surface area contributed by atoms with Gasteiger partial charge >= 0.3 is 11.9 Å². The SMILES string of the molecule is CCOC(=O)c1c(C(=O)OCC)c(-c2ccc(OC)c(OC)c2)c2c(c1O)c1ccccc1n2S(=O)(=O)c1ccccc1. The van der Waals surface area contributed by atoms with Gasteiger partial charge in [0.2, 0.25) is 0 Å². The molecule has 0 bridgehead atoms. The van der Waals surface area contributed by atoms with Gasteiger partial charge in [0.15, 0.2) is 11.5 Å². The van der Waals surface area contributed by atoms with Gasteiger partial charge in [0.1, 0.15) is 11.3 Å². The number of para-hydroxylation sites is 1. The molecule has 4 aromatic carbocycles. The van der Waals surface area contributed by atoms with Crippen molar-refractivity contribution in [3.63, 3.8) is 0 Å².